The van der Waals surface area contributed by atoms with Gasteiger partial charge in [0.05, 0.1) is 23.7 Å². The van der Waals surface area contributed by atoms with E-state index in [-0.39, 0.29) is 24.6 Å². The van der Waals surface area contributed by atoms with Crippen molar-refractivity contribution >= 4 is 21.6 Å². The van der Waals surface area contributed by atoms with Crippen LogP contribution < -0.4 is 19.1 Å². The average molecular weight is 467 g/mol. The maximum atomic E-state index is 13.3. The summed E-state index contributed by atoms with van der Waals surface area (Å²) in [5.74, 6) is 0.703. The fourth-order valence-electron chi connectivity index (χ4n) is 3.70. The largest absolute Gasteiger partial charge is 0.491 e. The van der Waals surface area contributed by atoms with Crippen molar-refractivity contribution < 1.29 is 22.7 Å². The zero-order valence-corrected chi connectivity index (χ0v) is 19.3. The molecule has 33 heavy (non-hydrogen) atoms. The van der Waals surface area contributed by atoms with E-state index in [0.717, 1.165) is 16.9 Å². The number of carbonyl (C=O) groups is 1. The molecule has 0 saturated carbocycles. The molecule has 1 atom stereocenters. The zero-order valence-electron chi connectivity index (χ0n) is 18.5. The van der Waals surface area contributed by atoms with E-state index >= 15 is 0 Å². The molecule has 0 spiro atoms. The number of hydrogen-bond donors (Lipinski definition) is 1. The fourth-order valence-corrected chi connectivity index (χ4v) is 5.19. The quantitative estimate of drug-likeness (QED) is 0.539. The Morgan fingerprint density at radius 2 is 1.79 bits per heavy atom. The Labute approximate surface area is 194 Å². The van der Waals surface area contributed by atoms with Gasteiger partial charge in [-0.15, -0.1) is 0 Å². The molecule has 4 rings (SSSR count). The van der Waals surface area contributed by atoms with Gasteiger partial charge in [-0.25, -0.2) is 8.42 Å². The highest BCUT2D eigenvalue weighted by atomic mass is 32.2. The summed E-state index contributed by atoms with van der Waals surface area (Å²) in [5.41, 5.74) is 2.58. The number of para-hydroxylation sites is 2. The maximum Gasteiger partial charge on any atom is 0.264 e. The minimum absolute atomic E-state index is 0.127. The van der Waals surface area contributed by atoms with E-state index in [1.54, 1.807) is 42.5 Å². The van der Waals surface area contributed by atoms with Crippen LogP contribution in [-0.2, 0) is 14.8 Å². The fraction of sp³-hybridized carbons (Fsp3) is 0.240. The van der Waals surface area contributed by atoms with E-state index in [0.29, 0.717) is 11.4 Å². The number of rotatable bonds is 7. The van der Waals surface area contributed by atoms with E-state index < -0.39 is 22.0 Å². The van der Waals surface area contributed by atoms with E-state index in [4.69, 9.17) is 9.47 Å². The molecule has 1 aliphatic rings. The molecule has 1 N–H and O–H groups in total. The van der Waals surface area contributed by atoms with Crippen molar-refractivity contribution in [1.82, 2.24) is 5.32 Å². The van der Waals surface area contributed by atoms with Crippen LogP contribution in [0.3, 0.4) is 0 Å². The number of fused-ring (bicyclic) bond motifs is 1. The normalized spacial score (nSPS) is 15.3. The summed E-state index contributed by atoms with van der Waals surface area (Å²) in [6, 6.07) is 20.9. The van der Waals surface area contributed by atoms with Crippen LogP contribution in [0.5, 0.6) is 11.5 Å². The monoisotopic (exact) mass is 466 g/mol. The third kappa shape index (κ3) is 4.96. The summed E-state index contributed by atoms with van der Waals surface area (Å²) in [6.45, 7) is 4.40. The van der Waals surface area contributed by atoms with Crippen molar-refractivity contribution in [3.63, 3.8) is 0 Å². The van der Waals surface area contributed by atoms with Crippen molar-refractivity contribution in [2.75, 3.05) is 24.0 Å². The lowest BCUT2D eigenvalue weighted by Crippen LogP contribution is -2.51. The molecule has 8 heteroatoms. The highest BCUT2D eigenvalue weighted by Crippen LogP contribution is 2.36. The Morgan fingerprint density at radius 3 is 2.55 bits per heavy atom. The number of ether oxygens (including phenoxy) is 2. The first-order valence-corrected chi connectivity index (χ1v) is 12.1. The minimum Gasteiger partial charge on any atom is -0.491 e. The molecule has 1 aliphatic heterocycles. The van der Waals surface area contributed by atoms with Crippen LogP contribution in [-0.4, -0.2) is 40.1 Å². The van der Waals surface area contributed by atoms with Gasteiger partial charge in [0.15, 0.2) is 6.10 Å². The van der Waals surface area contributed by atoms with Crippen LogP contribution >= 0.6 is 0 Å². The van der Waals surface area contributed by atoms with Gasteiger partial charge in [-0.2, -0.15) is 0 Å². The summed E-state index contributed by atoms with van der Waals surface area (Å²) in [5, 5.41) is 2.79. The number of nitrogens with zero attached hydrogens (tertiary/aromatic N) is 1. The smallest absolute Gasteiger partial charge is 0.264 e. The van der Waals surface area contributed by atoms with Crippen LogP contribution in [0.2, 0.25) is 0 Å². The van der Waals surface area contributed by atoms with Crippen LogP contribution in [0, 0.1) is 13.8 Å². The molecule has 0 radical (unpaired) electrons. The van der Waals surface area contributed by atoms with E-state index in [1.807, 2.05) is 32.0 Å². The molecule has 0 unspecified atom stereocenters. The number of hydrogen-bond acceptors (Lipinski definition) is 5. The van der Waals surface area contributed by atoms with Crippen LogP contribution in [0.15, 0.2) is 77.7 Å². The third-order valence-electron chi connectivity index (χ3n) is 5.35. The topological polar surface area (TPSA) is 84.9 Å². The van der Waals surface area contributed by atoms with E-state index in [1.165, 1.54) is 16.4 Å². The number of aryl methyl sites for hydroxylation is 2. The predicted molar refractivity (Wildman–Crippen MR) is 126 cm³/mol. The molecule has 3 aromatic rings. The highest BCUT2D eigenvalue weighted by molar-refractivity contribution is 7.92. The summed E-state index contributed by atoms with van der Waals surface area (Å²) in [6.07, 6.45) is -0.987. The molecular formula is C25H26N2O5S. The average Bonchev–Trinajstić information content (AvgIpc) is 2.82. The molecule has 0 aliphatic carbocycles. The first kappa shape index (κ1) is 22.7. The van der Waals surface area contributed by atoms with Crippen LogP contribution in [0.4, 0.5) is 5.69 Å². The first-order valence-electron chi connectivity index (χ1n) is 10.7. The van der Waals surface area contributed by atoms with Gasteiger partial charge >= 0.3 is 0 Å². The lowest BCUT2D eigenvalue weighted by atomic mass is 10.1. The van der Waals surface area contributed by atoms with E-state index in [9.17, 15) is 13.2 Å². The van der Waals surface area contributed by atoms with Gasteiger partial charge in [0.1, 0.15) is 18.1 Å². The summed E-state index contributed by atoms with van der Waals surface area (Å²) in [7, 11) is -3.86. The van der Waals surface area contributed by atoms with Crippen molar-refractivity contribution in [3.8, 4) is 11.5 Å². The second kappa shape index (κ2) is 9.54. The van der Waals surface area contributed by atoms with Gasteiger partial charge in [-0.05, 0) is 49.7 Å². The molecule has 1 heterocycles. The van der Waals surface area contributed by atoms with Gasteiger partial charge in [-0.3, -0.25) is 9.10 Å². The van der Waals surface area contributed by atoms with Crippen molar-refractivity contribution in [1.29, 1.82) is 0 Å². The number of anilines is 1. The standard InChI is InChI=1S/C25H26N2O5S/c1-18-12-13-22(19(2)16-18)31-15-14-26-25(28)24-17-27(21-10-6-7-11-23(21)32-24)33(29,30)20-8-4-3-5-9-20/h3-13,16,24H,14-15,17H2,1-2H3,(H,26,28)/t24-/m0/s1. The van der Waals surface area contributed by atoms with E-state index in [2.05, 4.69) is 5.32 Å². The molecule has 1 amide bonds. The number of sulfonamides is 1. The lowest BCUT2D eigenvalue weighted by Gasteiger charge is -2.34. The Kier molecular flexibility index (Phi) is 6.55. The lowest BCUT2D eigenvalue weighted by molar-refractivity contribution is -0.127. The minimum atomic E-state index is -3.86. The van der Waals surface area contributed by atoms with Crippen LogP contribution in [0.25, 0.3) is 0 Å². The molecule has 7 nitrogen and oxygen atoms in total. The van der Waals surface area contributed by atoms with Crippen molar-refractivity contribution in [2.24, 2.45) is 0 Å². The predicted octanol–water partition coefficient (Wildman–Crippen LogP) is 3.45. The molecule has 0 fully saturated rings. The Morgan fingerprint density at radius 1 is 1.06 bits per heavy atom. The van der Waals surface area contributed by atoms with Gasteiger partial charge in [-0.1, -0.05) is 48.0 Å². The molecular weight excluding hydrogens is 440 g/mol. The molecule has 0 bridgehead atoms. The molecule has 0 aromatic heterocycles. The number of carbonyl (C=O) groups excluding carboxylic acids is 1. The second-order valence-electron chi connectivity index (χ2n) is 7.83. The Bertz CT molecular complexity index is 1240. The second-order valence-corrected chi connectivity index (χ2v) is 9.69. The van der Waals surface area contributed by atoms with Gasteiger partial charge < -0.3 is 14.8 Å². The summed E-state index contributed by atoms with van der Waals surface area (Å²) in [4.78, 5) is 13.0. The summed E-state index contributed by atoms with van der Waals surface area (Å²) < 4.78 is 39.5. The maximum absolute atomic E-state index is 13.3. The zero-order chi connectivity index (χ0) is 23.4. The summed E-state index contributed by atoms with van der Waals surface area (Å²) >= 11 is 0. The van der Waals surface area contributed by atoms with Gasteiger partial charge in [0, 0.05) is 0 Å². The molecule has 3 aromatic carbocycles. The van der Waals surface area contributed by atoms with Gasteiger partial charge in [0.25, 0.3) is 15.9 Å². The SMILES string of the molecule is Cc1ccc(OCCNC(=O)[C@@H]2CN(S(=O)(=O)c3ccccc3)c3ccccc3O2)c(C)c1. The molecule has 0 saturated heterocycles. The Balaban J connectivity index is 1.44. The third-order valence-corrected chi connectivity index (χ3v) is 7.14. The highest BCUT2D eigenvalue weighted by Gasteiger charge is 2.37. The number of amides is 1. The van der Waals surface area contributed by atoms with Crippen LogP contribution in [0.1, 0.15) is 11.1 Å². The van der Waals surface area contributed by atoms with Crippen molar-refractivity contribution in [3.05, 3.63) is 83.9 Å². The number of benzene rings is 3. The number of nitrogens with one attached hydrogen (secondary N) is 1. The first-order chi connectivity index (χ1) is 15.9. The van der Waals surface area contributed by atoms with Gasteiger partial charge in [0.2, 0.25) is 0 Å². The Hall–Kier alpha value is -3.52. The molecule has 172 valence electrons. The van der Waals surface area contributed by atoms with Crippen molar-refractivity contribution in [2.45, 2.75) is 24.8 Å².